The van der Waals surface area contributed by atoms with Gasteiger partial charge in [0.05, 0.1) is 0 Å². The SMILES string of the molecule is CN(Cc1ccccc1)Cc1ccc(C(=O)NCCc2ccccc2)cc1. The summed E-state index contributed by atoms with van der Waals surface area (Å²) in [6.07, 6.45) is 0.842. The van der Waals surface area contributed by atoms with Gasteiger partial charge in [-0.3, -0.25) is 9.69 Å². The van der Waals surface area contributed by atoms with Crippen LogP contribution in [0.25, 0.3) is 0 Å². The molecule has 0 aliphatic rings. The molecule has 3 aromatic carbocycles. The molecule has 0 saturated heterocycles. The lowest BCUT2D eigenvalue weighted by atomic mass is 10.1. The van der Waals surface area contributed by atoms with Gasteiger partial charge in [-0.25, -0.2) is 0 Å². The van der Waals surface area contributed by atoms with Crippen LogP contribution in [-0.4, -0.2) is 24.4 Å². The van der Waals surface area contributed by atoms with E-state index in [0.29, 0.717) is 12.1 Å². The number of hydrogen-bond acceptors (Lipinski definition) is 2. The molecule has 1 N–H and O–H groups in total. The Labute approximate surface area is 161 Å². The van der Waals surface area contributed by atoms with Crippen molar-refractivity contribution in [2.45, 2.75) is 19.5 Å². The predicted octanol–water partition coefficient (Wildman–Crippen LogP) is 4.29. The molecule has 0 saturated carbocycles. The van der Waals surface area contributed by atoms with Crippen molar-refractivity contribution in [2.75, 3.05) is 13.6 Å². The molecule has 0 atom stereocenters. The van der Waals surface area contributed by atoms with Gasteiger partial charge in [0.15, 0.2) is 0 Å². The van der Waals surface area contributed by atoms with E-state index in [2.05, 4.69) is 53.7 Å². The lowest BCUT2D eigenvalue weighted by molar-refractivity contribution is 0.0954. The van der Waals surface area contributed by atoms with E-state index in [9.17, 15) is 4.79 Å². The first kappa shape index (κ1) is 18.9. The summed E-state index contributed by atoms with van der Waals surface area (Å²) < 4.78 is 0. The van der Waals surface area contributed by atoms with Crippen LogP contribution in [0, 0.1) is 0 Å². The molecule has 0 aliphatic carbocycles. The minimum Gasteiger partial charge on any atom is -0.352 e. The molecule has 3 aromatic rings. The van der Waals surface area contributed by atoms with Crippen LogP contribution in [0.1, 0.15) is 27.0 Å². The number of hydrogen-bond donors (Lipinski definition) is 1. The highest BCUT2D eigenvalue weighted by Crippen LogP contribution is 2.10. The molecule has 0 unspecified atom stereocenters. The average Bonchev–Trinajstić information content (AvgIpc) is 2.70. The van der Waals surface area contributed by atoms with Gasteiger partial charge in [-0.05, 0) is 42.3 Å². The maximum Gasteiger partial charge on any atom is 0.251 e. The standard InChI is InChI=1S/C24H26N2O/c1-26(18-21-10-6-3-7-11-21)19-22-12-14-23(15-13-22)24(27)25-17-16-20-8-4-2-5-9-20/h2-15H,16-19H2,1H3,(H,25,27). The van der Waals surface area contributed by atoms with Gasteiger partial charge < -0.3 is 5.32 Å². The van der Waals surface area contributed by atoms with Gasteiger partial charge in [0.2, 0.25) is 0 Å². The van der Waals surface area contributed by atoms with Gasteiger partial charge in [0, 0.05) is 25.2 Å². The van der Waals surface area contributed by atoms with Gasteiger partial charge >= 0.3 is 0 Å². The number of rotatable bonds is 8. The molecular weight excluding hydrogens is 332 g/mol. The highest BCUT2D eigenvalue weighted by molar-refractivity contribution is 5.94. The second-order valence-corrected chi connectivity index (χ2v) is 6.85. The summed E-state index contributed by atoms with van der Waals surface area (Å²) in [5, 5.41) is 2.99. The van der Waals surface area contributed by atoms with Crippen LogP contribution in [0.15, 0.2) is 84.9 Å². The molecule has 138 valence electrons. The quantitative estimate of drug-likeness (QED) is 0.651. The number of amides is 1. The van der Waals surface area contributed by atoms with Crippen molar-refractivity contribution in [3.05, 3.63) is 107 Å². The molecular formula is C24H26N2O. The Morgan fingerprint density at radius 2 is 1.26 bits per heavy atom. The van der Waals surface area contributed by atoms with Crippen LogP contribution >= 0.6 is 0 Å². The van der Waals surface area contributed by atoms with Gasteiger partial charge in [-0.2, -0.15) is 0 Å². The second kappa shape index (κ2) is 9.70. The van der Waals surface area contributed by atoms with E-state index in [1.807, 2.05) is 48.5 Å². The Morgan fingerprint density at radius 1 is 0.741 bits per heavy atom. The highest BCUT2D eigenvalue weighted by Gasteiger charge is 2.06. The Kier molecular flexibility index (Phi) is 6.78. The van der Waals surface area contributed by atoms with E-state index in [1.54, 1.807) is 0 Å². The molecule has 0 radical (unpaired) electrons. The number of carbonyl (C=O) groups is 1. The van der Waals surface area contributed by atoms with Gasteiger partial charge in [-0.1, -0.05) is 72.8 Å². The summed E-state index contributed by atoms with van der Waals surface area (Å²) in [5.74, 6) is -0.0184. The molecule has 27 heavy (non-hydrogen) atoms. The minimum absolute atomic E-state index is 0.0184. The third kappa shape index (κ3) is 6.08. The smallest absolute Gasteiger partial charge is 0.251 e. The molecule has 1 amide bonds. The lowest BCUT2D eigenvalue weighted by Crippen LogP contribution is -2.25. The number of benzene rings is 3. The fourth-order valence-corrected chi connectivity index (χ4v) is 3.09. The molecule has 0 spiro atoms. The number of nitrogens with one attached hydrogen (secondary N) is 1. The Bertz CT molecular complexity index is 829. The van der Waals surface area contributed by atoms with Gasteiger partial charge in [-0.15, -0.1) is 0 Å². The fraction of sp³-hybridized carbons (Fsp3) is 0.208. The van der Waals surface area contributed by atoms with Crippen LogP contribution in [0.4, 0.5) is 0 Å². The summed E-state index contributed by atoms with van der Waals surface area (Å²) in [6, 6.07) is 28.5. The minimum atomic E-state index is -0.0184. The molecule has 3 rings (SSSR count). The third-order valence-corrected chi connectivity index (χ3v) is 4.51. The maximum atomic E-state index is 12.3. The molecule has 0 aromatic heterocycles. The summed E-state index contributed by atoms with van der Waals surface area (Å²) in [6.45, 7) is 2.40. The number of carbonyl (C=O) groups excluding carboxylic acids is 1. The first-order valence-corrected chi connectivity index (χ1v) is 9.34. The Hall–Kier alpha value is -2.91. The summed E-state index contributed by atoms with van der Waals surface area (Å²) in [5.41, 5.74) is 4.44. The zero-order valence-electron chi connectivity index (χ0n) is 15.8. The molecule has 3 heteroatoms. The molecule has 0 bridgehead atoms. The summed E-state index contributed by atoms with van der Waals surface area (Å²) in [7, 11) is 2.11. The van der Waals surface area contributed by atoms with E-state index in [-0.39, 0.29) is 5.91 Å². The van der Waals surface area contributed by atoms with Crippen LogP contribution < -0.4 is 5.32 Å². The molecule has 0 fully saturated rings. The van der Waals surface area contributed by atoms with E-state index < -0.39 is 0 Å². The monoisotopic (exact) mass is 358 g/mol. The number of nitrogens with zero attached hydrogens (tertiary/aromatic N) is 1. The molecule has 0 heterocycles. The zero-order valence-corrected chi connectivity index (χ0v) is 15.8. The molecule has 3 nitrogen and oxygen atoms in total. The van der Waals surface area contributed by atoms with E-state index in [1.165, 1.54) is 16.7 Å². The van der Waals surface area contributed by atoms with Crippen LogP contribution in [0.3, 0.4) is 0 Å². The third-order valence-electron chi connectivity index (χ3n) is 4.51. The van der Waals surface area contributed by atoms with Crippen molar-refractivity contribution in [1.82, 2.24) is 10.2 Å². The van der Waals surface area contributed by atoms with Crippen molar-refractivity contribution in [1.29, 1.82) is 0 Å². The van der Waals surface area contributed by atoms with Crippen molar-refractivity contribution in [3.8, 4) is 0 Å². The first-order valence-electron chi connectivity index (χ1n) is 9.34. The Balaban J connectivity index is 1.46. The Morgan fingerprint density at radius 3 is 1.85 bits per heavy atom. The van der Waals surface area contributed by atoms with Gasteiger partial charge in [0.25, 0.3) is 5.91 Å². The van der Waals surface area contributed by atoms with Crippen molar-refractivity contribution in [2.24, 2.45) is 0 Å². The van der Waals surface area contributed by atoms with Crippen molar-refractivity contribution in [3.63, 3.8) is 0 Å². The topological polar surface area (TPSA) is 32.3 Å². The average molecular weight is 358 g/mol. The lowest BCUT2D eigenvalue weighted by Gasteiger charge is -2.17. The first-order chi connectivity index (χ1) is 13.2. The predicted molar refractivity (Wildman–Crippen MR) is 111 cm³/mol. The van der Waals surface area contributed by atoms with E-state index in [0.717, 1.165) is 19.5 Å². The van der Waals surface area contributed by atoms with E-state index in [4.69, 9.17) is 0 Å². The largest absolute Gasteiger partial charge is 0.352 e. The van der Waals surface area contributed by atoms with Crippen LogP contribution in [-0.2, 0) is 19.5 Å². The second-order valence-electron chi connectivity index (χ2n) is 6.85. The summed E-state index contributed by atoms with van der Waals surface area (Å²) in [4.78, 5) is 14.6. The maximum absolute atomic E-state index is 12.3. The van der Waals surface area contributed by atoms with Crippen LogP contribution in [0.5, 0.6) is 0 Å². The summed E-state index contributed by atoms with van der Waals surface area (Å²) >= 11 is 0. The van der Waals surface area contributed by atoms with E-state index >= 15 is 0 Å². The van der Waals surface area contributed by atoms with Crippen molar-refractivity contribution >= 4 is 5.91 Å². The van der Waals surface area contributed by atoms with Gasteiger partial charge in [0.1, 0.15) is 0 Å². The van der Waals surface area contributed by atoms with Crippen molar-refractivity contribution < 1.29 is 4.79 Å². The normalized spacial score (nSPS) is 10.7. The molecule has 0 aliphatic heterocycles. The zero-order chi connectivity index (χ0) is 18.9. The highest BCUT2D eigenvalue weighted by atomic mass is 16.1. The fourth-order valence-electron chi connectivity index (χ4n) is 3.09. The van der Waals surface area contributed by atoms with Crippen LogP contribution in [0.2, 0.25) is 0 Å².